The van der Waals surface area contributed by atoms with Gasteiger partial charge in [0.25, 0.3) is 0 Å². The molecule has 6 nitrogen and oxygen atoms in total. The number of nitriles is 1. The molecule has 2 saturated heterocycles. The lowest BCUT2D eigenvalue weighted by Gasteiger charge is -2.46. The van der Waals surface area contributed by atoms with Gasteiger partial charge in [0.15, 0.2) is 5.11 Å². The molecule has 2 heterocycles. The third kappa shape index (κ3) is 5.55. The van der Waals surface area contributed by atoms with Crippen LogP contribution in [0.2, 0.25) is 0 Å². The molecule has 146 valence electrons. The zero-order valence-electron chi connectivity index (χ0n) is 15.8. The SMILES string of the molecule is CCNC(=S)N1CC2CC(CN(C[C@H](O)COc3ccc(C#N)cc3)C2)C1. The highest BCUT2D eigenvalue weighted by molar-refractivity contribution is 7.80. The maximum Gasteiger partial charge on any atom is 0.168 e. The van der Waals surface area contributed by atoms with Crippen LogP contribution in [0, 0.1) is 23.2 Å². The van der Waals surface area contributed by atoms with Crippen LogP contribution in [-0.4, -0.2) is 72.0 Å². The van der Waals surface area contributed by atoms with Crippen molar-refractivity contribution in [2.24, 2.45) is 11.8 Å². The molecule has 3 atom stereocenters. The molecule has 2 fully saturated rings. The Morgan fingerprint density at radius 2 is 1.96 bits per heavy atom. The zero-order valence-corrected chi connectivity index (χ0v) is 16.6. The maximum atomic E-state index is 10.4. The molecular weight excluding hydrogens is 360 g/mol. The van der Waals surface area contributed by atoms with Crippen LogP contribution in [0.1, 0.15) is 18.9 Å². The molecule has 0 spiro atoms. The normalized spacial score (nSPS) is 23.4. The number of aliphatic hydroxyl groups is 1. The number of hydrogen-bond acceptors (Lipinski definition) is 5. The lowest BCUT2D eigenvalue weighted by atomic mass is 9.84. The van der Waals surface area contributed by atoms with Crippen molar-refractivity contribution in [2.45, 2.75) is 19.4 Å². The van der Waals surface area contributed by atoms with Crippen molar-refractivity contribution in [3.8, 4) is 11.8 Å². The van der Waals surface area contributed by atoms with Crippen molar-refractivity contribution in [3.63, 3.8) is 0 Å². The molecule has 0 radical (unpaired) electrons. The van der Waals surface area contributed by atoms with Gasteiger partial charge in [0.2, 0.25) is 0 Å². The highest BCUT2D eigenvalue weighted by atomic mass is 32.1. The van der Waals surface area contributed by atoms with Gasteiger partial charge in [-0.05, 0) is 61.7 Å². The van der Waals surface area contributed by atoms with Crippen molar-refractivity contribution in [2.75, 3.05) is 45.9 Å². The summed E-state index contributed by atoms with van der Waals surface area (Å²) in [4.78, 5) is 4.67. The third-order valence-corrected chi connectivity index (χ3v) is 5.57. The first-order valence-electron chi connectivity index (χ1n) is 9.63. The van der Waals surface area contributed by atoms with Crippen LogP contribution in [-0.2, 0) is 0 Å². The molecule has 1 aromatic carbocycles. The number of likely N-dealkylation sites (tertiary alicyclic amines) is 2. The Labute approximate surface area is 166 Å². The maximum absolute atomic E-state index is 10.4. The molecule has 7 heteroatoms. The molecule has 3 rings (SSSR count). The Hall–Kier alpha value is -1.88. The summed E-state index contributed by atoms with van der Waals surface area (Å²) in [6, 6.07) is 9.05. The number of aliphatic hydroxyl groups excluding tert-OH is 1. The number of thiocarbonyl (C=S) groups is 1. The Kier molecular flexibility index (Phi) is 6.89. The smallest absolute Gasteiger partial charge is 0.168 e. The van der Waals surface area contributed by atoms with E-state index in [9.17, 15) is 5.11 Å². The van der Waals surface area contributed by atoms with E-state index in [4.69, 9.17) is 22.2 Å². The minimum absolute atomic E-state index is 0.258. The van der Waals surface area contributed by atoms with E-state index in [1.807, 2.05) is 0 Å². The fraction of sp³-hybridized carbons (Fsp3) is 0.600. The van der Waals surface area contributed by atoms with E-state index in [-0.39, 0.29) is 6.61 Å². The molecular formula is C20H28N4O2S. The largest absolute Gasteiger partial charge is 0.491 e. The minimum Gasteiger partial charge on any atom is -0.491 e. The molecule has 0 amide bonds. The molecule has 2 bridgehead atoms. The molecule has 2 aliphatic rings. The van der Waals surface area contributed by atoms with Gasteiger partial charge >= 0.3 is 0 Å². The number of rotatable bonds is 6. The highest BCUT2D eigenvalue weighted by Gasteiger charge is 2.35. The van der Waals surface area contributed by atoms with Crippen LogP contribution in [0.4, 0.5) is 0 Å². The monoisotopic (exact) mass is 388 g/mol. The van der Waals surface area contributed by atoms with E-state index in [1.165, 1.54) is 6.42 Å². The number of piperidine rings is 2. The lowest BCUT2D eigenvalue weighted by molar-refractivity contribution is 0.0145. The number of nitrogens with one attached hydrogen (secondary N) is 1. The summed E-state index contributed by atoms with van der Waals surface area (Å²) >= 11 is 5.47. The van der Waals surface area contributed by atoms with Crippen molar-refractivity contribution in [1.82, 2.24) is 15.1 Å². The lowest BCUT2D eigenvalue weighted by Crippen LogP contribution is -2.56. The second kappa shape index (κ2) is 9.36. The van der Waals surface area contributed by atoms with E-state index in [2.05, 4.69) is 28.1 Å². The number of nitrogens with zero attached hydrogens (tertiary/aromatic N) is 3. The third-order valence-electron chi connectivity index (χ3n) is 5.17. The van der Waals surface area contributed by atoms with Gasteiger partial charge in [-0.15, -0.1) is 0 Å². The standard InChI is InChI=1S/C20H28N4O2S/c1-2-22-20(27)24-11-16-7-17(12-24)10-23(9-16)13-18(25)14-26-19-5-3-15(8-21)4-6-19/h3-6,16-18,25H,2,7,9-14H2,1H3,(H,22,27)/t16?,17?,18-/m0/s1. The van der Waals surface area contributed by atoms with Crippen molar-refractivity contribution in [1.29, 1.82) is 5.26 Å². The van der Waals surface area contributed by atoms with Crippen molar-refractivity contribution in [3.05, 3.63) is 29.8 Å². The van der Waals surface area contributed by atoms with Crippen LogP contribution in [0.25, 0.3) is 0 Å². The first kappa shape index (κ1) is 19.9. The first-order chi connectivity index (χ1) is 13.1. The molecule has 0 saturated carbocycles. The Morgan fingerprint density at radius 3 is 2.56 bits per heavy atom. The number of hydrogen-bond donors (Lipinski definition) is 2. The molecule has 2 aliphatic heterocycles. The van der Waals surface area contributed by atoms with Gasteiger partial charge in [-0.1, -0.05) is 0 Å². The van der Waals surface area contributed by atoms with E-state index < -0.39 is 6.10 Å². The van der Waals surface area contributed by atoms with E-state index in [0.717, 1.165) is 37.8 Å². The summed E-state index contributed by atoms with van der Waals surface area (Å²) in [5.41, 5.74) is 0.602. The number of benzene rings is 1. The predicted molar refractivity (Wildman–Crippen MR) is 109 cm³/mol. The predicted octanol–water partition coefficient (Wildman–Crippen LogP) is 1.45. The van der Waals surface area contributed by atoms with Gasteiger partial charge in [0.05, 0.1) is 11.6 Å². The first-order valence-corrected chi connectivity index (χ1v) is 10.0. The van der Waals surface area contributed by atoms with Gasteiger partial charge in [-0.25, -0.2) is 0 Å². The van der Waals surface area contributed by atoms with Crippen LogP contribution in [0.5, 0.6) is 5.75 Å². The minimum atomic E-state index is -0.529. The van der Waals surface area contributed by atoms with Gasteiger partial charge in [-0.3, -0.25) is 4.90 Å². The summed E-state index contributed by atoms with van der Waals surface area (Å²) in [6.45, 7) is 7.80. The van der Waals surface area contributed by atoms with Crippen LogP contribution in [0.3, 0.4) is 0 Å². The summed E-state index contributed by atoms with van der Waals surface area (Å²) in [5.74, 6) is 1.87. The van der Waals surface area contributed by atoms with Crippen molar-refractivity contribution < 1.29 is 9.84 Å². The number of ether oxygens (including phenoxy) is 1. The summed E-state index contributed by atoms with van der Waals surface area (Å²) in [7, 11) is 0. The van der Waals surface area contributed by atoms with Gasteiger partial charge in [0, 0.05) is 39.3 Å². The Morgan fingerprint density at radius 1 is 1.30 bits per heavy atom. The second-order valence-electron chi connectivity index (χ2n) is 7.53. The average molecular weight is 389 g/mol. The molecule has 0 aliphatic carbocycles. The Bertz CT molecular complexity index is 662. The van der Waals surface area contributed by atoms with Crippen molar-refractivity contribution >= 4 is 17.3 Å². The zero-order chi connectivity index (χ0) is 19.2. The van der Waals surface area contributed by atoms with Crippen LogP contribution < -0.4 is 10.1 Å². The summed E-state index contributed by atoms with van der Waals surface area (Å²) in [5, 5.41) is 23.3. The van der Waals surface area contributed by atoms with E-state index in [0.29, 0.717) is 29.7 Å². The second-order valence-corrected chi connectivity index (χ2v) is 7.91. The highest BCUT2D eigenvalue weighted by Crippen LogP contribution is 2.28. The Balaban J connectivity index is 1.44. The topological polar surface area (TPSA) is 71.8 Å². The van der Waals surface area contributed by atoms with E-state index >= 15 is 0 Å². The number of fused-ring (bicyclic) bond motifs is 2. The molecule has 2 N–H and O–H groups in total. The van der Waals surface area contributed by atoms with E-state index in [1.54, 1.807) is 24.3 Å². The molecule has 1 aromatic rings. The van der Waals surface area contributed by atoms with Gasteiger partial charge < -0.3 is 20.1 Å². The summed E-state index contributed by atoms with van der Waals surface area (Å²) < 4.78 is 5.66. The fourth-order valence-corrected chi connectivity index (χ4v) is 4.43. The average Bonchev–Trinajstić information content (AvgIpc) is 2.66. The fourth-order valence-electron chi connectivity index (χ4n) is 4.13. The van der Waals surface area contributed by atoms with Crippen LogP contribution in [0.15, 0.2) is 24.3 Å². The quantitative estimate of drug-likeness (QED) is 0.715. The van der Waals surface area contributed by atoms with Crippen LogP contribution >= 0.6 is 12.2 Å². The summed E-state index contributed by atoms with van der Waals surface area (Å²) in [6.07, 6.45) is 0.720. The van der Waals surface area contributed by atoms with Gasteiger partial charge in [-0.2, -0.15) is 5.26 Å². The van der Waals surface area contributed by atoms with Gasteiger partial charge in [0.1, 0.15) is 18.5 Å². The molecule has 0 aromatic heterocycles. The molecule has 27 heavy (non-hydrogen) atoms. The number of β-amino-alcohol motifs (C(OH)–C–C–N with tert-alkyl or cyclic N) is 1. The molecule has 2 unspecified atom stereocenters.